The van der Waals surface area contributed by atoms with Crippen molar-refractivity contribution in [3.8, 4) is 0 Å². The standard InChI is InChI=1S/C9H13NOS/c1-7-8(2)12-9(10-7)5-3-4-6-11/h6H,3-5H2,1-2H3. The Balaban J connectivity index is 2.47. The summed E-state index contributed by atoms with van der Waals surface area (Å²) in [6.45, 7) is 4.10. The molecule has 1 aromatic heterocycles. The lowest BCUT2D eigenvalue weighted by molar-refractivity contribution is -0.107. The summed E-state index contributed by atoms with van der Waals surface area (Å²) in [5, 5.41) is 1.16. The Morgan fingerprint density at radius 1 is 1.50 bits per heavy atom. The molecule has 0 aliphatic carbocycles. The van der Waals surface area contributed by atoms with Gasteiger partial charge in [-0.1, -0.05) is 0 Å². The lowest BCUT2D eigenvalue weighted by atomic mass is 10.2. The molecule has 0 bridgehead atoms. The van der Waals surface area contributed by atoms with Crippen LogP contribution in [-0.4, -0.2) is 11.3 Å². The normalized spacial score (nSPS) is 10.2. The average molecular weight is 183 g/mol. The molecule has 0 fully saturated rings. The van der Waals surface area contributed by atoms with Crippen molar-refractivity contribution in [3.63, 3.8) is 0 Å². The third-order valence-corrected chi connectivity index (χ3v) is 2.92. The molecular formula is C9H13NOS. The SMILES string of the molecule is Cc1nc(CCCC=O)sc1C. The lowest BCUT2D eigenvalue weighted by Gasteiger charge is -1.89. The van der Waals surface area contributed by atoms with E-state index >= 15 is 0 Å². The number of aryl methyl sites for hydroxylation is 3. The van der Waals surface area contributed by atoms with Gasteiger partial charge in [0.05, 0.1) is 10.7 Å². The highest BCUT2D eigenvalue weighted by atomic mass is 32.1. The van der Waals surface area contributed by atoms with Gasteiger partial charge in [0, 0.05) is 11.3 Å². The van der Waals surface area contributed by atoms with Crippen molar-refractivity contribution < 1.29 is 4.79 Å². The van der Waals surface area contributed by atoms with E-state index in [4.69, 9.17) is 0 Å². The summed E-state index contributed by atoms with van der Waals surface area (Å²) >= 11 is 1.74. The summed E-state index contributed by atoms with van der Waals surface area (Å²) in [6, 6.07) is 0. The fourth-order valence-corrected chi connectivity index (χ4v) is 1.96. The van der Waals surface area contributed by atoms with Gasteiger partial charge in [0.1, 0.15) is 6.29 Å². The number of hydrogen-bond acceptors (Lipinski definition) is 3. The van der Waals surface area contributed by atoms with Crippen molar-refractivity contribution in [1.82, 2.24) is 4.98 Å². The zero-order valence-electron chi connectivity index (χ0n) is 7.46. The van der Waals surface area contributed by atoms with Gasteiger partial charge in [-0.05, 0) is 26.7 Å². The van der Waals surface area contributed by atoms with Crippen LogP contribution in [0.25, 0.3) is 0 Å². The molecule has 0 amide bonds. The Kier molecular flexibility index (Phi) is 3.41. The quantitative estimate of drug-likeness (QED) is 0.529. The molecule has 0 saturated heterocycles. The molecule has 1 aromatic rings. The number of rotatable bonds is 4. The first kappa shape index (κ1) is 9.39. The van der Waals surface area contributed by atoms with Crippen LogP contribution >= 0.6 is 11.3 Å². The molecule has 12 heavy (non-hydrogen) atoms. The van der Waals surface area contributed by atoms with Gasteiger partial charge < -0.3 is 4.79 Å². The van der Waals surface area contributed by atoms with Crippen LogP contribution in [0, 0.1) is 13.8 Å². The number of aldehydes is 1. The first-order chi connectivity index (χ1) is 5.74. The highest BCUT2D eigenvalue weighted by Crippen LogP contribution is 2.17. The van der Waals surface area contributed by atoms with Crippen LogP contribution in [0.4, 0.5) is 0 Å². The minimum atomic E-state index is 0.650. The molecule has 1 heterocycles. The number of aromatic nitrogens is 1. The second-order valence-electron chi connectivity index (χ2n) is 2.81. The first-order valence-electron chi connectivity index (χ1n) is 4.10. The number of carbonyl (C=O) groups is 1. The Morgan fingerprint density at radius 2 is 2.25 bits per heavy atom. The minimum Gasteiger partial charge on any atom is -0.303 e. The van der Waals surface area contributed by atoms with Gasteiger partial charge in [0.15, 0.2) is 0 Å². The van der Waals surface area contributed by atoms with Crippen LogP contribution in [0.3, 0.4) is 0 Å². The summed E-state index contributed by atoms with van der Waals surface area (Å²) in [4.78, 5) is 15.7. The van der Waals surface area contributed by atoms with Gasteiger partial charge in [-0.3, -0.25) is 0 Å². The van der Waals surface area contributed by atoms with Crippen molar-refractivity contribution in [2.45, 2.75) is 33.1 Å². The van der Waals surface area contributed by atoms with Crippen LogP contribution in [0.2, 0.25) is 0 Å². The second kappa shape index (κ2) is 4.36. The summed E-state index contributed by atoms with van der Waals surface area (Å²) in [5.41, 5.74) is 1.13. The van der Waals surface area contributed by atoms with E-state index in [2.05, 4.69) is 11.9 Å². The number of nitrogens with zero attached hydrogens (tertiary/aromatic N) is 1. The van der Waals surface area contributed by atoms with Crippen LogP contribution in [0.5, 0.6) is 0 Å². The molecule has 3 heteroatoms. The van der Waals surface area contributed by atoms with E-state index in [1.807, 2.05) is 6.92 Å². The highest BCUT2D eigenvalue weighted by Gasteiger charge is 2.02. The fraction of sp³-hybridized carbons (Fsp3) is 0.556. The molecule has 0 saturated carbocycles. The topological polar surface area (TPSA) is 30.0 Å². The van der Waals surface area contributed by atoms with E-state index in [1.54, 1.807) is 11.3 Å². The van der Waals surface area contributed by atoms with Crippen molar-refractivity contribution >= 4 is 17.6 Å². The van der Waals surface area contributed by atoms with E-state index in [1.165, 1.54) is 4.88 Å². The lowest BCUT2D eigenvalue weighted by Crippen LogP contribution is -1.84. The van der Waals surface area contributed by atoms with Crippen molar-refractivity contribution in [1.29, 1.82) is 0 Å². The smallest absolute Gasteiger partial charge is 0.120 e. The fourth-order valence-electron chi connectivity index (χ4n) is 0.983. The maximum absolute atomic E-state index is 10.1. The number of hydrogen-bond donors (Lipinski definition) is 0. The predicted molar refractivity (Wildman–Crippen MR) is 50.6 cm³/mol. The van der Waals surface area contributed by atoms with Crippen LogP contribution in [-0.2, 0) is 11.2 Å². The molecule has 0 aliphatic heterocycles. The molecular weight excluding hydrogens is 170 g/mol. The average Bonchev–Trinajstić information content (AvgIpc) is 2.32. The molecule has 0 N–H and O–H groups in total. The first-order valence-corrected chi connectivity index (χ1v) is 4.92. The molecule has 0 atom stereocenters. The van der Waals surface area contributed by atoms with Gasteiger partial charge in [-0.25, -0.2) is 4.98 Å². The van der Waals surface area contributed by atoms with Gasteiger partial charge in [-0.2, -0.15) is 0 Å². The van der Waals surface area contributed by atoms with Gasteiger partial charge >= 0.3 is 0 Å². The maximum Gasteiger partial charge on any atom is 0.120 e. The zero-order chi connectivity index (χ0) is 8.97. The molecule has 0 spiro atoms. The minimum absolute atomic E-state index is 0.650. The summed E-state index contributed by atoms with van der Waals surface area (Å²) < 4.78 is 0. The molecule has 0 aliphatic rings. The second-order valence-corrected chi connectivity index (χ2v) is 4.10. The van der Waals surface area contributed by atoms with Crippen LogP contribution in [0.1, 0.15) is 28.4 Å². The van der Waals surface area contributed by atoms with Crippen molar-refractivity contribution in [2.24, 2.45) is 0 Å². The van der Waals surface area contributed by atoms with Crippen molar-refractivity contribution in [3.05, 3.63) is 15.6 Å². The molecule has 2 nitrogen and oxygen atoms in total. The van der Waals surface area contributed by atoms with Gasteiger partial charge in [0.2, 0.25) is 0 Å². The van der Waals surface area contributed by atoms with E-state index in [9.17, 15) is 4.79 Å². The summed E-state index contributed by atoms with van der Waals surface area (Å²) in [6.07, 6.45) is 3.49. The molecule has 0 radical (unpaired) electrons. The Bertz CT molecular complexity index is 248. The molecule has 0 aromatic carbocycles. The Hall–Kier alpha value is -0.700. The van der Waals surface area contributed by atoms with Crippen LogP contribution < -0.4 is 0 Å². The van der Waals surface area contributed by atoms with Crippen LogP contribution in [0.15, 0.2) is 0 Å². The van der Waals surface area contributed by atoms with E-state index < -0.39 is 0 Å². The number of thiazole rings is 1. The number of carbonyl (C=O) groups excluding carboxylic acids is 1. The Labute approximate surface area is 76.6 Å². The number of unbranched alkanes of at least 4 members (excludes halogenated alkanes) is 1. The third-order valence-electron chi connectivity index (χ3n) is 1.79. The van der Waals surface area contributed by atoms with Crippen molar-refractivity contribution in [2.75, 3.05) is 0 Å². The third kappa shape index (κ3) is 2.41. The zero-order valence-corrected chi connectivity index (χ0v) is 8.28. The maximum atomic E-state index is 10.1. The van der Waals surface area contributed by atoms with Gasteiger partial charge in [-0.15, -0.1) is 11.3 Å². The largest absolute Gasteiger partial charge is 0.303 e. The monoisotopic (exact) mass is 183 g/mol. The van der Waals surface area contributed by atoms with E-state index in [0.717, 1.165) is 29.8 Å². The summed E-state index contributed by atoms with van der Waals surface area (Å²) in [7, 11) is 0. The molecule has 1 rings (SSSR count). The predicted octanol–water partition coefficient (Wildman–Crippen LogP) is 2.28. The Morgan fingerprint density at radius 3 is 2.75 bits per heavy atom. The van der Waals surface area contributed by atoms with E-state index in [-0.39, 0.29) is 0 Å². The summed E-state index contributed by atoms with van der Waals surface area (Å²) in [5.74, 6) is 0. The molecule has 0 unspecified atom stereocenters. The molecule has 66 valence electrons. The van der Waals surface area contributed by atoms with Gasteiger partial charge in [0.25, 0.3) is 0 Å². The highest BCUT2D eigenvalue weighted by molar-refractivity contribution is 7.11. The van der Waals surface area contributed by atoms with E-state index in [0.29, 0.717) is 6.42 Å².